The predicted octanol–water partition coefficient (Wildman–Crippen LogP) is 2.04. The van der Waals surface area contributed by atoms with Gasteiger partial charge in [-0.25, -0.2) is 26.5 Å². The number of hydrogen-bond acceptors (Lipinski definition) is 7. The van der Waals surface area contributed by atoms with Crippen LogP contribution in [0.25, 0.3) is 11.0 Å². The Morgan fingerprint density at radius 2 is 2.22 bits per heavy atom. The van der Waals surface area contributed by atoms with Gasteiger partial charge in [-0.2, -0.15) is 4.98 Å². The molecule has 1 aliphatic heterocycles. The minimum absolute atomic E-state index is 0.0527. The minimum atomic E-state index is -5.23. The Labute approximate surface area is 201 Å². The van der Waals surface area contributed by atoms with Crippen molar-refractivity contribution in [2.45, 2.75) is 62.9 Å². The molecule has 3 heterocycles. The van der Waals surface area contributed by atoms with Crippen LogP contribution in [0.3, 0.4) is 0 Å². The molecule has 4 rings (SSSR count). The lowest BCUT2D eigenvalue weighted by Crippen LogP contribution is -2.42. The molecule has 32 heavy (non-hydrogen) atoms. The monoisotopic (exact) mass is 483 g/mol. The van der Waals surface area contributed by atoms with E-state index in [-0.39, 0.29) is 29.0 Å². The summed E-state index contributed by atoms with van der Waals surface area (Å²) in [6, 6.07) is -4.21. The second-order valence-corrected chi connectivity index (χ2v) is 8.89. The zero-order valence-electron chi connectivity index (χ0n) is 28.4. The van der Waals surface area contributed by atoms with Crippen molar-refractivity contribution in [1.82, 2.24) is 18.8 Å². The number of sulfonamides is 1. The van der Waals surface area contributed by atoms with Gasteiger partial charge < -0.3 is 10.4 Å². The standard InChI is InChI=1S/C20H27F2N5O4S/c1-20(29)7-3-4-15(20)27-17-12(10-14(16(21)22)18(27)28)11-23-19(25-17)24-13-5-8-26(9-6-13)32(2,30)31/h10-11,13,15-16,29H,3-9H2,1-2H3,(H,23,24,25)/t15-,20-/m0/s1/i1D3,2D3,5D2,6D2,13D,16D. The first-order chi connectivity index (χ1) is 19.6. The van der Waals surface area contributed by atoms with E-state index in [4.69, 9.17) is 16.4 Å². The molecule has 2 fully saturated rings. The molecule has 0 unspecified atom stereocenters. The number of aliphatic hydroxyl groups is 1. The minimum Gasteiger partial charge on any atom is -0.388 e. The van der Waals surface area contributed by atoms with Gasteiger partial charge in [-0.1, -0.05) is 0 Å². The molecular weight excluding hydrogens is 444 g/mol. The highest BCUT2D eigenvalue weighted by Crippen LogP contribution is 2.39. The number of nitrogens with one attached hydrogen (secondary N) is 1. The van der Waals surface area contributed by atoms with Gasteiger partial charge in [0.05, 0.1) is 24.8 Å². The van der Waals surface area contributed by atoms with Crippen molar-refractivity contribution < 1.29 is 38.8 Å². The van der Waals surface area contributed by atoms with Crippen LogP contribution in [-0.4, -0.2) is 63.3 Å². The van der Waals surface area contributed by atoms with E-state index in [9.17, 15) is 27.1 Å². The molecule has 0 spiro atoms. The molecule has 1 saturated heterocycles. The summed E-state index contributed by atoms with van der Waals surface area (Å²) < 4.78 is 148. The molecule has 2 atom stereocenters. The second-order valence-electron chi connectivity index (χ2n) is 7.43. The number of piperidine rings is 1. The van der Waals surface area contributed by atoms with E-state index in [1.165, 1.54) is 0 Å². The van der Waals surface area contributed by atoms with Crippen LogP contribution in [-0.2, 0) is 10.0 Å². The Morgan fingerprint density at radius 3 is 2.88 bits per heavy atom. The molecule has 0 aromatic carbocycles. The van der Waals surface area contributed by atoms with Crippen molar-refractivity contribution in [2.24, 2.45) is 0 Å². The molecule has 0 bridgehead atoms. The SMILES string of the molecule is [2H]C(F)(F)c1cc2cnc(NC3([2H])C([2H])([2H])CN(S(=O)(=O)C([2H])([2H])[2H])CC3([2H])[2H])nc2n([C@H]2CCC[C@@]2(O)C([2H])([2H])[2H])c1=O. The molecular formula is C20H27F2N5O4S. The number of halogens is 2. The zero-order valence-corrected chi connectivity index (χ0v) is 17.2. The topological polar surface area (TPSA) is 117 Å². The fraction of sp³-hybridized carbons (Fsp3) is 0.650. The van der Waals surface area contributed by atoms with Crippen molar-refractivity contribution in [3.8, 4) is 0 Å². The summed E-state index contributed by atoms with van der Waals surface area (Å²) in [5, 5.41) is 12.9. The molecule has 2 aromatic heterocycles. The van der Waals surface area contributed by atoms with Gasteiger partial charge in [0.15, 0.2) is 0 Å². The quantitative estimate of drug-likeness (QED) is 0.668. The summed E-state index contributed by atoms with van der Waals surface area (Å²) in [5.74, 6) is -0.777. The molecule has 1 saturated carbocycles. The lowest BCUT2D eigenvalue weighted by atomic mass is 9.99. The lowest BCUT2D eigenvalue weighted by Gasteiger charge is -2.31. The van der Waals surface area contributed by atoms with E-state index in [0.717, 1.165) is 6.20 Å². The van der Waals surface area contributed by atoms with Crippen LogP contribution >= 0.6 is 0 Å². The smallest absolute Gasteiger partial charge is 0.269 e. The first-order valence-electron chi connectivity index (χ1n) is 15.4. The summed E-state index contributed by atoms with van der Waals surface area (Å²) in [5.41, 5.74) is -6.11. The van der Waals surface area contributed by atoms with E-state index in [2.05, 4.69) is 15.3 Å². The molecule has 12 heteroatoms. The van der Waals surface area contributed by atoms with Crippen LogP contribution in [0.2, 0.25) is 0 Å². The van der Waals surface area contributed by atoms with E-state index in [1.54, 1.807) is 0 Å². The maximum atomic E-state index is 14.2. The third-order valence-electron chi connectivity index (χ3n) is 5.32. The van der Waals surface area contributed by atoms with Gasteiger partial charge in [-0.05, 0) is 44.9 Å². The van der Waals surface area contributed by atoms with Crippen LogP contribution in [0.1, 0.15) is 73.3 Å². The Balaban J connectivity index is 1.89. The summed E-state index contributed by atoms with van der Waals surface area (Å²) >= 11 is 0. The number of alkyl halides is 2. The molecule has 0 amide bonds. The molecule has 9 nitrogen and oxygen atoms in total. The first-order valence-corrected chi connectivity index (χ1v) is 10.9. The number of fused-ring (bicyclic) bond motifs is 1. The molecule has 0 radical (unpaired) electrons. The lowest BCUT2D eigenvalue weighted by molar-refractivity contribution is 0.0261. The number of nitrogens with zero attached hydrogens (tertiary/aromatic N) is 4. The number of pyridine rings is 1. The molecule has 2 aliphatic rings. The Kier molecular flexibility index (Phi) is 3.20. The Hall–Kier alpha value is -2.18. The highest BCUT2D eigenvalue weighted by atomic mass is 32.2. The number of rotatable bonds is 5. The van der Waals surface area contributed by atoms with Gasteiger partial charge in [0.2, 0.25) is 16.0 Å². The average molecular weight is 484 g/mol. The third-order valence-corrected chi connectivity index (χ3v) is 6.25. The fourth-order valence-corrected chi connectivity index (χ4v) is 4.21. The van der Waals surface area contributed by atoms with Crippen LogP contribution in [0.4, 0.5) is 14.7 Å². The Bertz CT molecular complexity index is 1630. The van der Waals surface area contributed by atoms with E-state index in [0.29, 0.717) is 10.6 Å². The van der Waals surface area contributed by atoms with Gasteiger partial charge in [0.25, 0.3) is 12.0 Å². The fourth-order valence-electron chi connectivity index (χ4n) is 3.74. The number of aromatic nitrogens is 3. The van der Waals surface area contributed by atoms with Crippen molar-refractivity contribution in [3.63, 3.8) is 0 Å². The van der Waals surface area contributed by atoms with Crippen molar-refractivity contribution in [2.75, 3.05) is 24.6 Å². The van der Waals surface area contributed by atoms with E-state index in [1.807, 2.05) is 0 Å². The van der Waals surface area contributed by atoms with Crippen LogP contribution in [0.15, 0.2) is 17.1 Å². The molecule has 176 valence electrons. The summed E-state index contributed by atoms with van der Waals surface area (Å²) in [6.45, 7) is -5.66. The highest BCUT2D eigenvalue weighted by Gasteiger charge is 2.40. The van der Waals surface area contributed by atoms with Crippen LogP contribution < -0.4 is 10.9 Å². The third kappa shape index (κ3) is 4.35. The van der Waals surface area contributed by atoms with E-state index < -0.39 is 95.7 Å². The van der Waals surface area contributed by atoms with Gasteiger partial charge in [-0.15, -0.1) is 0 Å². The molecule has 2 N–H and O–H groups in total. The van der Waals surface area contributed by atoms with E-state index >= 15 is 0 Å². The van der Waals surface area contributed by atoms with Crippen LogP contribution in [0.5, 0.6) is 0 Å². The number of anilines is 1. The summed E-state index contributed by atoms with van der Waals surface area (Å²) in [4.78, 5) is 21.1. The van der Waals surface area contributed by atoms with Crippen LogP contribution in [0, 0.1) is 0 Å². The van der Waals surface area contributed by atoms with Crippen molar-refractivity contribution in [1.29, 1.82) is 0 Å². The van der Waals surface area contributed by atoms with Crippen molar-refractivity contribution in [3.05, 3.63) is 28.2 Å². The van der Waals surface area contributed by atoms with Crippen molar-refractivity contribution >= 4 is 27.0 Å². The first kappa shape index (κ1) is 12.3. The summed E-state index contributed by atoms with van der Waals surface area (Å²) in [7, 11) is -5.23. The second kappa shape index (κ2) is 8.31. The number of hydrogen-bond donors (Lipinski definition) is 2. The largest absolute Gasteiger partial charge is 0.388 e. The Morgan fingerprint density at radius 1 is 1.47 bits per heavy atom. The maximum absolute atomic E-state index is 14.2. The maximum Gasteiger partial charge on any atom is 0.269 e. The summed E-state index contributed by atoms with van der Waals surface area (Å²) in [6.07, 6.45) is -14.2. The normalized spacial score (nSPS) is 36.4. The van der Waals surface area contributed by atoms with Gasteiger partial charge in [0, 0.05) is 44.4 Å². The molecule has 1 aliphatic carbocycles. The van der Waals surface area contributed by atoms with Gasteiger partial charge in [-0.3, -0.25) is 9.36 Å². The van der Waals surface area contributed by atoms with Gasteiger partial charge in [0.1, 0.15) is 7.02 Å². The average Bonchev–Trinajstić information content (AvgIpc) is 3.23. The highest BCUT2D eigenvalue weighted by molar-refractivity contribution is 7.88. The predicted molar refractivity (Wildman–Crippen MR) is 115 cm³/mol. The zero-order chi connectivity index (χ0) is 33.7. The van der Waals surface area contributed by atoms with Gasteiger partial charge >= 0.3 is 0 Å². The molecule has 2 aromatic rings.